The first-order valence-corrected chi connectivity index (χ1v) is 8.60. The molecule has 9 nitrogen and oxygen atoms in total. The molecule has 0 spiro atoms. The van der Waals surface area contributed by atoms with Crippen LogP contribution >= 0.6 is 8.25 Å². The zero-order chi connectivity index (χ0) is 18.1. The molecule has 1 aliphatic rings. The van der Waals surface area contributed by atoms with Crippen LogP contribution in [-0.2, 0) is 4.57 Å². The van der Waals surface area contributed by atoms with Crippen molar-refractivity contribution in [1.29, 1.82) is 0 Å². The molecule has 29 heavy (non-hydrogen) atoms. The van der Waals surface area contributed by atoms with Crippen LogP contribution in [0.2, 0.25) is 0 Å². The van der Waals surface area contributed by atoms with Gasteiger partial charge in [0, 0.05) is 11.1 Å². The summed E-state index contributed by atoms with van der Waals surface area (Å²) in [6.07, 6.45) is 1.58. The Kier molecular flexibility index (Phi) is 10.1. The van der Waals surface area contributed by atoms with Crippen LogP contribution in [0, 0.1) is 0 Å². The smallest absolute Gasteiger partial charge is 0.870 e. The van der Waals surface area contributed by atoms with Crippen molar-refractivity contribution in [2.75, 3.05) is 13.9 Å². The molecule has 1 unspecified atom stereocenters. The van der Waals surface area contributed by atoms with Crippen molar-refractivity contribution >= 4 is 8.25 Å². The average molecular weight is 436 g/mol. The molecular formula is C17H13NNa2O8P+. The minimum atomic E-state index is -2.95. The van der Waals surface area contributed by atoms with E-state index in [1.807, 2.05) is 0 Å². The SMILES string of the molecule is COc1cc(-c2oncc2-c2ccc(O[P+](=O)[O-])cc2)cc2c1OCO2.[Na+].[Na+].[OH-]. The van der Waals surface area contributed by atoms with Gasteiger partial charge in [-0.2, -0.15) is 0 Å². The molecule has 3 aromatic rings. The third-order valence-electron chi connectivity index (χ3n) is 3.84. The maximum Gasteiger partial charge on any atom is 1.00 e. The van der Waals surface area contributed by atoms with Crippen molar-refractivity contribution < 1.29 is 97.3 Å². The van der Waals surface area contributed by atoms with Crippen LogP contribution in [0.15, 0.2) is 47.1 Å². The van der Waals surface area contributed by atoms with Crippen LogP contribution in [0.3, 0.4) is 0 Å². The number of fused-ring (bicyclic) bond motifs is 1. The number of ether oxygens (including phenoxy) is 3. The Morgan fingerprint density at radius 3 is 2.48 bits per heavy atom. The van der Waals surface area contributed by atoms with Crippen LogP contribution in [0.4, 0.5) is 0 Å². The summed E-state index contributed by atoms with van der Waals surface area (Å²) < 4.78 is 36.9. The summed E-state index contributed by atoms with van der Waals surface area (Å²) >= 11 is 0. The number of nitrogens with zero attached hydrogens (tertiary/aromatic N) is 1. The fourth-order valence-electron chi connectivity index (χ4n) is 2.70. The predicted molar refractivity (Wildman–Crippen MR) is 90.2 cm³/mol. The van der Waals surface area contributed by atoms with E-state index in [2.05, 4.69) is 9.68 Å². The van der Waals surface area contributed by atoms with Gasteiger partial charge in [-0.15, -0.1) is 0 Å². The molecule has 0 amide bonds. The number of aromatic nitrogens is 1. The fourth-order valence-corrected chi connectivity index (χ4v) is 2.99. The van der Waals surface area contributed by atoms with Gasteiger partial charge in [-0.1, -0.05) is 17.3 Å². The summed E-state index contributed by atoms with van der Waals surface area (Å²) in [5.74, 6) is 2.38. The van der Waals surface area contributed by atoms with Crippen molar-refractivity contribution in [3.8, 4) is 45.4 Å². The molecule has 140 valence electrons. The quantitative estimate of drug-likeness (QED) is 0.303. The molecule has 1 aliphatic heterocycles. The van der Waals surface area contributed by atoms with Gasteiger partial charge in [0.15, 0.2) is 23.0 Å². The summed E-state index contributed by atoms with van der Waals surface area (Å²) in [4.78, 5) is 10.6. The maximum absolute atomic E-state index is 10.6. The molecule has 4 rings (SSSR count). The van der Waals surface area contributed by atoms with Gasteiger partial charge in [0.25, 0.3) is 0 Å². The van der Waals surface area contributed by atoms with Crippen molar-refractivity contribution in [2.45, 2.75) is 0 Å². The molecule has 2 heterocycles. The van der Waals surface area contributed by atoms with E-state index in [-0.39, 0.29) is 77.1 Å². The first-order chi connectivity index (χ1) is 12.7. The Morgan fingerprint density at radius 2 is 1.83 bits per heavy atom. The zero-order valence-electron chi connectivity index (χ0n) is 15.9. The molecule has 1 aromatic heterocycles. The zero-order valence-corrected chi connectivity index (χ0v) is 20.8. The first kappa shape index (κ1) is 25.9. The Morgan fingerprint density at radius 1 is 1.10 bits per heavy atom. The summed E-state index contributed by atoms with van der Waals surface area (Å²) in [6, 6.07) is 10.1. The molecule has 0 radical (unpaired) electrons. The van der Waals surface area contributed by atoms with Crippen molar-refractivity contribution in [3.05, 3.63) is 42.6 Å². The van der Waals surface area contributed by atoms with Gasteiger partial charge in [-0.05, 0) is 34.4 Å². The first-order valence-electron chi connectivity index (χ1n) is 7.51. The molecule has 2 aromatic carbocycles. The van der Waals surface area contributed by atoms with Crippen LogP contribution in [0.5, 0.6) is 23.0 Å². The molecule has 0 fully saturated rings. The van der Waals surface area contributed by atoms with E-state index in [0.717, 1.165) is 11.1 Å². The summed E-state index contributed by atoms with van der Waals surface area (Å²) in [5, 5.41) is 3.88. The van der Waals surface area contributed by atoms with Crippen LogP contribution in [0.1, 0.15) is 0 Å². The molecule has 0 saturated carbocycles. The Hall–Kier alpha value is -1.13. The van der Waals surface area contributed by atoms with E-state index in [1.165, 1.54) is 0 Å². The molecule has 12 heteroatoms. The second-order valence-electron chi connectivity index (χ2n) is 5.32. The Labute approximate surface area is 211 Å². The van der Waals surface area contributed by atoms with E-state index in [9.17, 15) is 9.46 Å². The second kappa shape index (κ2) is 11.3. The van der Waals surface area contributed by atoms with Crippen molar-refractivity contribution in [3.63, 3.8) is 0 Å². The van der Waals surface area contributed by atoms with E-state index in [0.29, 0.717) is 28.6 Å². The van der Waals surface area contributed by atoms with Crippen LogP contribution < -0.4 is 82.7 Å². The largest absolute Gasteiger partial charge is 1.00 e. The predicted octanol–water partition coefficient (Wildman–Crippen LogP) is -3.03. The van der Waals surface area contributed by atoms with Crippen LogP contribution in [-0.4, -0.2) is 24.5 Å². The van der Waals surface area contributed by atoms with E-state index in [4.69, 9.17) is 18.7 Å². The van der Waals surface area contributed by atoms with Crippen LogP contribution in [0.25, 0.3) is 22.5 Å². The molecule has 0 aliphatic carbocycles. The second-order valence-corrected chi connectivity index (χ2v) is 5.95. The van der Waals surface area contributed by atoms with E-state index < -0.39 is 8.25 Å². The molecule has 0 saturated heterocycles. The summed E-state index contributed by atoms with van der Waals surface area (Å²) in [5.41, 5.74) is 2.22. The summed E-state index contributed by atoms with van der Waals surface area (Å²) in [6.45, 7) is 0.127. The Balaban J connectivity index is 0.00000140. The third-order valence-corrected chi connectivity index (χ3v) is 4.20. The normalized spacial score (nSPS) is 11.4. The maximum atomic E-state index is 10.6. The van der Waals surface area contributed by atoms with Crippen molar-refractivity contribution in [2.24, 2.45) is 0 Å². The Bertz CT molecular complexity index is 980. The van der Waals surface area contributed by atoms with Gasteiger partial charge in [-0.3, -0.25) is 4.52 Å². The van der Waals surface area contributed by atoms with Gasteiger partial charge in [-0.25, -0.2) is 0 Å². The topological polar surface area (TPSA) is 133 Å². The number of hydrogen-bond donors (Lipinski definition) is 0. The monoisotopic (exact) mass is 436 g/mol. The fraction of sp³-hybridized carbons (Fsp3) is 0.118. The molecule has 1 atom stereocenters. The third kappa shape index (κ3) is 5.52. The molecular weight excluding hydrogens is 423 g/mol. The standard InChI is InChI=1S/C17H12NO7P.2Na.H2O/c1-21-14-6-11(7-15-17(14)23-9-22-15)16-13(8-18-24-16)10-2-4-12(5-3-10)25-26(19)20;;;/h2-8H,9H2,1H3;;;1H2/q;2*+1;/p-1. The minimum Gasteiger partial charge on any atom is -0.870 e. The number of methoxy groups -OCH3 is 1. The average Bonchev–Trinajstić information content (AvgIpc) is 3.30. The number of hydrogen-bond acceptors (Lipinski definition) is 9. The summed E-state index contributed by atoms with van der Waals surface area (Å²) in [7, 11) is -1.41. The molecule has 0 bridgehead atoms. The molecule has 1 N–H and O–H groups in total. The van der Waals surface area contributed by atoms with Gasteiger partial charge in [0.05, 0.1) is 13.3 Å². The van der Waals surface area contributed by atoms with Crippen molar-refractivity contribution in [1.82, 2.24) is 5.16 Å². The van der Waals surface area contributed by atoms with E-state index in [1.54, 1.807) is 49.7 Å². The van der Waals surface area contributed by atoms with E-state index >= 15 is 0 Å². The van der Waals surface area contributed by atoms with Gasteiger partial charge in [0.2, 0.25) is 12.5 Å². The van der Waals surface area contributed by atoms with Gasteiger partial charge >= 0.3 is 67.4 Å². The van der Waals surface area contributed by atoms with Gasteiger partial charge < -0.3 is 29.1 Å². The van der Waals surface area contributed by atoms with Gasteiger partial charge in [0.1, 0.15) is 0 Å². The number of rotatable bonds is 5. The number of benzene rings is 2. The minimum absolute atomic E-state index is 0.